The third-order valence-electron chi connectivity index (χ3n) is 2.74. The molecule has 0 atom stereocenters. The lowest BCUT2D eigenvalue weighted by atomic mass is 10.1. The van der Waals surface area contributed by atoms with E-state index in [0.29, 0.717) is 5.56 Å². The fraction of sp³-hybridized carbons (Fsp3) is 0.188. The number of halogens is 2. The predicted octanol–water partition coefficient (Wildman–Crippen LogP) is 4.06. The maximum atomic E-state index is 12.5. The van der Waals surface area contributed by atoms with E-state index in [2.05, 4.69) is 11.4 Å². The number of hydrogen-bond acceptors (Lipinski definition) is 3. The largest absolute Gasteiger partial charge is 0.497 e. The summed E-state index contributed by atoms with van der Waals surface area (Å²) in [5.74, 6) is 0.730. The molecule has 0 amide bonds. The number of rotatable bonds is 6. The van der Waals surface area contributed by atoms with Crippen molar-refractivity contribution in [3.63, 3.8) is 0 Å². The third kappa shape index (κ3) is 4.56. The first kappa shape index (κ1) is 15.0. The maximum absolute atomic E-state index is 12.5. The second kappa shape index (κ2) is 7.38. The molecule has 1 radical (unpaired) electrons. The van der Waals surface area contributed by atoms with Gasteiger partial charge in [0.25, 0.3) is 6.43 Å². The molecule has 109 valence electrons. The van der Waals surface area contributed by atoms with Crippen LogP contribution in [0, 0.1) is 0 Å². The molecular weight excluding hydrogens is 276 g/mol. The predicted molar refractivity (Wildman–Crippen MR) is 75.7 cm³/mol. The lowest BCUT2D eigenvalue weighted by Gasteiger charge is -2.03. The van der Waals surface area contributed by atoms with E-state index in [1.54, 1.807) is 13.2 Å². The lowest BCUT2D eigenvalue weighted by Crippen LogP contribution is -1.91. The molecule has 0 aliphatic carbocycles. The Balaban J connectivity index is 1.91. The first-order valence-corrected chi connectivity index (χ1v) is 6.28. The minimum absolute atomic E-state index is 0.0667. The molecule has 0 bridgehead atoms. The van der Waals surface area contributed by atoms with Crippen LogP contribution in [-0.2, 0) is 11.4 Å². The average Bonchev–Trinajstić information content (AvgIpc) is 2.52. The minimum Gasteiger partial charge on any atom is -0.497 e. The van der Waals surface area contributed by atoms with Crippen molar-refractivity contribution in [1.82, 2.24) is 0 Å². The standard InChI is InChI=1S/C16H14F2NO2/c1-20-15-7-3-5-13(9-15)11-21-19-10-12-4-2-6-14(8-12)16(17)18/h2-9,16H,11H2,1H3. The van der Waals surface area contributed by atoms with E-state index in [1.165, 1.54) is 18.2 Å². The van der Waals surface area contributed by atoms with Gasteiger partial charge < -0.3 is 9.57 Å². The van der Waals surface area contributed by atoms with Gasteiger partial charge in [0.1, 0.15) is 18.6 Å². The van der Waals surface area contributed by atoms with Crippen LogP contribution in [0.1, 0.15) is 23.1 Å². The SMILES string of the molecule is COc1cccc(CO/N=[C]\c2cccc(C(F)F)c2)c1. The first-order valence-electron chi connectivity index (χ1n) is 6.28. The summed E-state index contributed by atoms with van der Waals surface area (Å²) < 4.78 is 30.1. The zero-order chi connectivity index (χ0) is 15.1. The molecule has 0 fully saturated rings. The van der Waals surface area contributed by atoms with Crippen molar-refractivity contribution in [3.05, 3.63) is 65.2 Å². The van der Waals surface area contributed by atoms with Gasteiger partial charge in [0.05, 0.1) is 7.11 Å². The average molecular weight is 290 g/mol. The van der Waals surface area contributed by atoms with Gasteiger partial charge in [-0.15, -0.1) is 0 Å². The quantitative estimate of drug-likeness (QED) is 0.593. The molecule has 0 spiro atoms. The van der Waals surface area contributed by atoms with Crippen LogP contribution < -0.4 is 4.74 Å². The van der Waals surface area contributed by atoms with Crippen molar-refractivity contribution in [1.29, 1.82) is 0 Å². The number of nitrogens with zero attached hydrogens (tertiary/aromatic N) is 1. The zero-order valence-electron chi connectivity index (χ0n) is 11.4. The van der Waals surface area contributed by atoms with Crippen LogP contribution in [0.2, 0.25) is 0 Å². The van der Waals surface area contributed by atoms with Crippen LogP contribution in [0.3, 0.4) is 0 Å². The normalized spacial score (nSPS) is 11.0. The van der Waals surface area contributed by atoms with E-state index in [4.69, 9.17) is 9.57 Å². The topological polar surface area (TPSA) is 30.8 Å². The molecule has 0 saturated carbocycles. The van der Waals surface area contributed by atoms with Crippen LogP contribution >= 0.6 is 0 Å². The molecule has 0 aromatic heterocycles. The summed E-state index contributed by atoms with van der Waals surface area (Å²) in [6, 6.07) is 13.2. The van der Waals surface area contributed by atoms with Gasteiger partial charge in [-0.25, -0.2) is 8.78 Å². The Bertz CT molecular complexity index is 615. The Labute approximate surface area is 121 Å². The second-order valence-electron chi connectivity index (χ2n) is 4.25. The van der Waals surface area contributed by atoms with Crippen molar-refractivity contribution in [3.8, 4) is 5.75 Å². The van der Waals surface area contributed by atoms with E-state index in [9.17, 15) is 8.78 Å². The van der Waals surface area contributed by atoms with Crippen LogP contribution in [0.4, 0.5) is 8.78 Å². The molecule has 0 aliphatic rings. The smallest absolute Gasteiger partial charge is 0.263 e. The molecule has 5 heteroatoms. The van der Waals surface area contributed by atoms with Gasteiger partial charge in [-0.3, -0.25) is 0 Å². The Morgan fingerprint density at radius 1 is 1.14 bits per heavy atom. The molecule has 0 saturated heterocycles. The van der Waals surface area contributed by atoms with Gasteiger partial charge in [0.2, 0.25) is 0 Å². The van der Waals surface area contributed by atoms with E-state index >= 15 is 0 Å². The monoisotopic (exact) mass is 290 g/mol. The Morgan fingerprint density at radius 3 is 2.71 bits per heavy atom. The Kier molecular flexibility index (Phi) is 5.26. The van der Waals surface area contributed by atoms with Crippen molar-refractivity contribution in [2.24, 2.45) is 5.16 Å². The number of ether oxygens (including phenoxy) is 1. The van der Waals surface area contributed by atoms with Crippen molar-refractivity contribution in [2.45, 2.75) is 13.0 Å². The van der Waals surface area contributed by atoms with Crippen molar-refractivity contribution < 1.29 is 18.4 Å². The van der Waals surface area contributed by atoms with E-state index in [1.807, 2.05) is 24.3 Å². The second-order valence-corrected chi connectivity index (χ2v) is 4.25. The van der Waals surface area contributed by atoms with Gasteiger partial charge in [0.15, 0.2) is 0 Å². The van der Waals surface area contributed by atoms with Gasteiger partial charge in [-0.1, -0.05) is 35.5 Å². The van der Waals surface area contributed by atoms with E-state index < -0.39 is 6.43 Å². The molecule has 2 rings (SSSR count). The highest BCUT2D eigenvalue weighted by molar-refractivity contribution is 5.79. The minimum atomic E-state index is -2.51. The van der Waals surface area contributed by atoms with Crippen LogP contribution in [0.5, 0.6) is 5.75 Å². The van der Waals surface area contributed by atoms with Gasteiger partial charge >= 0.3 is 0 Å². The number of alkyl halides is 2. The lowest BCUT2D eigenvalue weighted by molar-refractivity contribution is 0.132. The highest BCUT2D eigenvalue weighted by atomic mass is 19.3. The fourth-order valence-corrected chi connectivity index (χ4v) is 1.70. The fourth-order valence-electron chi connectivity index (χ4n) is 1.70. The summed E-state index contributed by atoms with van der Waals surface area (Å²) in [7, 11) is 1.59. The molecule has 0 unspecified atom stereocenters. The number of hydrogen-bond donors (Lipinski definition) is 0. The molecule has 2 aromatic carbocycles. The van der Waals surface area contributed by atoms with Crippen LogP contribution in [0.25, 0.3) is 0 Å². The zero-order valence-corrected chi connectivity index (χ0v) is 11.4. The molecule has 0 aliphatic heterocycles. The number of methoxy groups -OCH3 is 1. The van der Waals surface area contributed by atoms with Crippen LogP contribution in [0.15, 0.2) is 53.7 Å². The van der Waals surface area contributed by atoms with E-state index in [0.717, 1.165) is 11.3 Å². The molecular formula is C16H14F2NO2. The first-order chi connectivity index (χ1) is 10.2. The summed E-state index contributed by atoms with van der Waals surface area (Å²) in [6.45, 7) is 0.249. The van der Waals surface area contributed by atoms with Crippen LogP contribution in [-0.4, -0.2) is 13.3 Å². The van der Waals surface area contributed by atoms with Gasteiger partial charge in [0, 0.05) is 11.1 Å². The molecule has 3 nitrogen and oxygen atoms in total. The maximum Gasteiger partial charge on any atom is 0.263 e. The molecule has 2 aromatic rings. The van der Waals surface area contributed by atoms with E-state index in [-0.39, 0.29) is 12.2 Å². The summed E-state index contributed by atoms with van der Waals surface area (Å²) in [5.41, 5.74) is 1.27. The summed E-state index contributed by atoms with van der Waals surface area (Å²) >= 11 is 0. The summed E-state index contributed by atoms with van der Waals surface area (Å²) in [5, 5.41) is 3.66. The molecule has 0 heterocycles. The Morgan fingerprint density at radius 2 is 1.95 bits per heavy atom. The highest BCUT2D eigenvalue weighted by Crippen LogP contribution is 2.18. The third-order valence-corrected chi connectivity index (χ3v) is 2.74. The number of benzene rings is 2. The van der Waals surface area contributed by atoms with Gasteiger partial charge in [-0.2, -0.15) is 0 Å². The Hall–Kier alpha value is -2.43. The molecule has 21 heavy (non-hydrogen) atoms. The van der Waals surface area contributed by atoms with Crippen molar-refractivity contribution >= 4 is 6.21 Å². The van der Waals surface area contributed by atoms with Crippen molar-refractivity contribution in [2.75, 3.05) is 7.11 Å². The highest BCUT2D eigenvalue weighted by Gasteiger charge is 2.06. The molecule has 0 N–H and O–H groups in total. The summed E-state index contributed by atoms with van der Waals surface area (Å²) in [6.07, 6.45) is 0.0672. The van der Waals surface area contributed by atoms with Gasteiger partial charge in [-0.05, 0) is 23.8 Å². The summed E-state index contributed by atoms with van der Waals surface area (Å²) in [4.78, 5) is 5.09.